The van der Waals surface area contributed by atoms with Gasteiger partial charge in [-0.2, -0.15) is 0 Å². The van der Waals surface area contributed by atoms with E-state index >= 15 is 0 Å². The summed E-state index contributed by atoms with van der Waals surface area (Å²) in [6.45, 7) is 0.896. The number of carbonyl (C=O) groups excluding carboxylic acids is 1. The van der Waals surface area contributed by atoms with Gasteiger partial charge in [-0.05, 0) is 6.07 Å². The first-order valence-electron chi connectivity index (χ1n) is 6.10. The van der Waals surface area contributed by atoms with Crippen LogP contribution < -0.4 is 5.73 Å². The molecule has 0 aromatic carbocycles. The van der Waals surface area contributed by atoms with Gasteiger partial charge in [-0.25, -0.2) is 4.98 Å². The van der Waals surface area contributed by atoms with Crippen LogP contribution in [0.3, 0.4) is 0 Å². The maximum atomic E-state index is 12.2. The first kappa shape index (κ1) is 14.3. The number of rotatable bonds is 3. The highest BCUT2D eigenvalue weighted by atomic mass is 32.1. The first-order chi connectivity index (χ1) is 9.60. The van der Waals surface area contributed by atoms with Gasteiger partial charge in [0.15, 0.2) is 0 Å². The molecule has 104 valence electrons. The lowest BCUT2D eigenvalue weighted by Crippen LogP contribution is -2.26. The molecular formula is C14H16N4OS. The Labute approximate surface area is 122 Å². The van der Waals surface area contributed by atoms with Crippen LogP contribution in [0.5, 0.6) is 0 Å². The molecular weight excluding hydrogens is 272 g/mol. The van der Waals surface area contributed by atoms with Crippen LogP contribution in [0.25, 0.3) is 0 Å². The molecule has 0 unspecified atom stereocenters. The number of hydrogen-bond acceptors (Lipinski definition) is 4. The topological polar surface area (TPSA) is 64.2 Å². The number of nitrogens with zero attached hydrogens (tertiary/aromatic N) is 3. The van der Waals surface area contributed by atoms with Crippen LogP contribution in [0.4, 0.5) is 0 Å². The predicted octanol–water partition coefficient (Wildman–Crippen LogP) is 1.06. The van der Waals surface area contributed by atoms with E-state index < -0.39 is 0 Å². The maximum absolute atomic E-state index is 12.2. The lowest BCUT2D eigenvalue weighted by molar-refractivity contribution is 0.0781. The average molecular weight is 288 g/mol. The normalized spacial score (nSPS) is 9.95. The van der Waals surface area contributed by atoms with Crippen molar-refractivity contribution in [3.8, 4) is 11.8 Å². The van der Waals surface area contributed by atoms with Crippen LogP contribution in [0.1, 0.15) is 20.9 Å². The Bertz CT molecular complexity index is 662. The second kappa shape index (κ2) is 6.37. The summed E-state index contributed by atoms with van der Waals surface area (Å²) >= 11 is 1.58. The van der Waals surface area contributed by atoms with Gasteiger partial charge in [-0.1, -0.05) is 11.8 Å². The standard InChI is InChI=1S/C14H16N4OS/c1-17-8-13(16-10-17)14(19)18(2)7-12-6-11(9-20-12)4-3-5-15/h6,8-10H,5,7,15H2,1-2H3. The zero-order valence-corrected chi connectivity index (χ0v) is 12.3. The molecule has 2 rings (SSSR count). The van der Waals surface area contributed by atoms with Gasteiger partial charge < -0.3 is 15.2 Å². The van der Waals surface area contributed by atoms with E-state index in [2.05, 4.69) is 16.8 Å². The van der Waals surface area contributed by atoms with Crippen molar-refractivity contribution in [2.75, 3.05) is 13.6 Å². The smallest absolute Gasteiger partial charge is 0.274 e. The van der Waals surface area contributed by atoms with E-state index in [0.717, 1.165) is 10.4 Å². The molecule has 2 N–H and O–H groups in total. The monoisotopic (exact) mass is 288 g/mol. The fourth-order valence-electron chi connectivity index (χ4n) is 1.71. The molecule has 0 radical (unpaired) electrons. The third-order valence-electron chi connectivity index (χ3n) is 2.65. The first-order valence-corrected chi connectivity index (χ1v) is 6.98. The zero-order valence-electron chi connectivity index (χ0n) is 11.5. The molecule has 1 amide bonds. The largest absolute Gasteiger partial charge is 0.340 e. The number of hydrogen-bond donors (Lipinski definition) is 1. The maximum Gasteiger partial charge on any atom is 0.274 e. The Morgan fingerprint density at radius 1 is 1.60 bits per heavy atom. The fourth-order valence-corrected chi connectivity index (χ4v) is 2.58. The van der Waals surface area contributed by atoms with Crippen molar-refractivity contribution >= 4 is 17.2 Å². The molecule has 0 aliphatic carbocycles. The third kappa shape index (κ3) is 3.47. The number of carbonyl (C=O) groups is 1. The number of imidazole rings is 1. The minimum atomic E-state index is -0.0893. The van der Waals surface area contributed by atoms with E-state index in [9.17, 15) is 4.79 Å². The van der Waals surface area contributed by atoms with E-state index in [1.54, 1.807) is 40.4 Å². The number of amides is 1. The summed E-state index contributed by atoms with van der Waals surface area (Å²) in [6.07, 6.45) is 3.33. The molecule has 0 fully saturated rings. The summed E-state index contributed by atoms with van der Waals surface area (Å²) in [5, 5.41) is 1.97. The summed E-state index contributed by atoms with van der Waals surface area (Å²) < 4.78 is 1.76. The Morgan fingerprint density at radius 3 is 3.05 bits per heavy atom. The molecule has 2 heterocycles. The number of aromatic nitrogens is 2. The van der Waals surface area contributed by atoms with Crippen LogP contribution in [0.15, 0.2) is 24.0 Å². The Kier molecular flexibility index (Phi) is 4.56. The summed E-state index contributed by atoms with van der Waals surface area (Å²) in [5.41, 5.74) is 6.73. The number of aryl methyl sites for hydroxylation is 1. The van der Waals surface area contributed by atoms with Crippen molar-refractivity contribution in [3.05, 3.63) is 40.1 Å². The Morgan fingerprint density at radius 2 is 2.40 bits per heavy atom. The molecule has 0 saturated carbocycles. The lowest BCUT2D eigenvalue weighted by Gasteiger charge is -2.14. The third-order valence-corrected chi connectivity index (χ3v) is 3.57. The molecule has 2 aromatic rings. The molecule has 0 bridgehead atoms. The second-order valence-electron chi connectivity index (χ2n) is 4.39. The second-order valence-corrected chi connectivity index (χ2v) is 5.39. The highest BCUT2D eigenvalue weighted by Crippen LogP contribution is 2.16. The van der Waals surface area contributed by atoms with Crippen LogP contribution in [0.2, 0.25) is 0 Å². The minimum absolute atomic E-state index is 0.0893. The van der Waals surface area contributed by atoms with Gasteiger partial charge in [0.05, 0.1) is 19.4 Å². The van der Waals surface area contributed by atoms with Gasteiger partial charge in [0.1, 0.15) is 5.69 Å². The van der Waals surface area contributed by atoms with Gasteiger partial charge in [0.25, 0.3) is 5.91 Å². The quantitative estimate of drug-likeness (QED) is 0.859. The molecule has 0 aliphatic heterocycles. The van der Waals surface area contributed by atoms with Gasteiger partial charge in [-0.3, -0.25) is 4.79 Å². The highest BCUT2D eigenvalue weighted by molar-refractivity contribution is 7.10. The van der Waals surface area contributed by atoms with Crippen LogP contribution >= 0.6 is 11.3 Å². The Balaban J connectivity index is 2.02. The van der Waals surface area contributed by atoms with E-state index in [0.29, 0.717) is 18.8 Å². The van der Waals surface area contributed by atoms with Crippen molar-refractivity contribution in [2.24, 2.45) is 12.8 Å². The molecule has 5 nitrogen and oxygen atoms in total. The van der Waals surface area contributed by atoms with Crippen molar-refractivity contribution in [2.45, 2.75) is 6.54 Å². The van der Waals surface area contributed by atoms with Crippen LogP contribution in [-0.2, 0) is 13.6 Å². The van der Waals surface area contributed by atoms with Crippen LogP contribution in [0, 0.1) is 11.8 Å². The van der Waals surface area contributed by atoms with Crippen molar-refractivity contribution in [1.82, 2.24) is 14.5 Å². The van der Waals surface area contributed by atoms with Gasteiger partial charge in [-0.15, -0.1) is 11.3 Å². The zero-order chi connectivity index (χ0) is 14.5. The highest BCUT2D eigenvalue weighted by Gasteiger charge is 2.15. The fraction of sp³-hybridized carbons (Fsp3) is 0.286. The number of thiophene rings is 1. The van der Waals surface area contributed by atoms with Crippen LogP contribution in [-0.4, -0.2) is 34.0 Å². The molecule has 2 aromatic heterocycles. The molecule has 0 saturated heterocycles. The van der Waals surface area contributed by atoms with Crippen molar-refractivity contribution in [3.63, 3.8) is 0 Å². The molecule has 20 heavy (non-hydrogen) atoms. The lowest BCUT2D eigenvalue weighted by atomic mass is 10.3. The van der Waals surface area contributed by atoms with Crippen molar-refractivity contribution < 1.29 is 4.79 Å². The van der Waals surface area contributed by atoms with Gasteiger partial charge >= 0.3 is 0 Å². The predicted molar refractivity (Wildman–Crippen MR) is 79.3 cm³/mol. The number of nitrogens with two attached hydrogens (primary N) is 1. The Hall–Kier alpha value is -2.10. The molecule has 0 spiro atoms. The molecule has 6 heteroatoms. The van der Waals surface area contributed by atoms with Gasteiger partial charge in [0.2, 0.25) is 0 Å². The van der Waals surface area contributed by atoms with E-state index in [1.807, 2.05) is 18.5 Å². The summed E-state index contributed by atoms with van der Waals surface area (Å²) in [7, 11) is 3.60. The van der Waals surface area contributed by atoms with Gasteiger partial charge in [0, 0.05) is 36.1 Å². The van der Waals surface area contributed by atoms with E-state index in [-0.39, 0.29) is 5.91 Å². The summed E-state index contributed by atoms with van der Waals surface area (Å²) in [5.74, 6) is 5.70. The van der Waals surface area contributed by atoms with Crippen molar-refractivity contribution in [1.29, 1.82) is 0 Å². The summed E-state index contributed by atoms with van der Waals surface area (Å²) in [4.78, 5) is 18.9. The minimum Gasteiger partial charge on any atom is -0.340 e. The summed E-state index contributed by atoms with van der Waals surface area (Å²) in [6, 6.07) is 1.98. The average Bonchev–Trinajstić information content (AvgIpc) is 3.04. The SMILES string of the molecule is CN(Cc1cc(C#CCN)cs1)C(=O)c1cn(C)cn1. The molecule has 0 atom stereocenters. The van der Waals surface area contributed by atoms with E-state index in [1.165, 1.54) is 0 Å². The van der Waals surface area contributed by atoms with E-state index in [4.69, 9.17) is 5.73 Å². The molecule has 0 aliphatic rings.